The number of H-pyrrole nitrogens is 1. The molecule has 2 N–H and O–H groups in total. The van der Waals surface area contributed by atoms with Crippen molar-refractivity contribution in [3.05, 3.63) is 65.6 Å². The van der Waals surface area contributed by atoms with E-state index in [0.717, 1.165) is 48.8 Å². The fourth-order valence-electron chi connectivity index (χ4n) is 4.98. The molecule has 2 amide bonds. The van der Waals surface area contributed by atoms with Gasteiger partial charge in [0.15, 0.2) is 0 Å². The van der Waals surface area contributed by atoms with Crippen molar-refractivity contribution in [2.75, 3.05) is 19.6 Å². The van der Waals surface area contributed by atoms with Crippen molar-refractivity contribution in [1.29, 1.82) is 5.26 Å². The van der Waals surface area contributed by atoms with Gasteiger partial charge in [-0.3, -0.25) is 14.6 Å². The fraction of sp³-hybridized carbons (Fsp3) is 0.360. The highest BCUT2D eigenvalue weighted by atomic mass is 16.2. The highest BCUT2D eigenvalue weighted by molar-refractivity contribution is 5.97. The molecule has 2 aliphatic rings. The number of aromatic amines is 1. The molecular formula is C25H25N5O2. The van der Waals surface area contributed by atoms with E-state index in [1.807, 2.05) is 29.2 Å². The van der Waals surface area contributed by atoms with E-state index >= 15 is 0 Å². The van der Waals surface area contributed by atoms with Crippen molar-refractivity contribution in [3.63, 3.8) is 0 Å². The Labute approximate surface area is 186 Å². The van der Waals surface area contributed by atoms with Gasteiger partial charge < -0.3 is 15.2 Å². The molecule has 1 atom stereocenters. The van der Waals surface area contributed by atoms with Crippen LogP contribution in [-0.4, -0.2) is 46.3 Å². The summed E-state index contributed by atoms with van der Waals surface area (Å²) in [6.07, 6.45) is 6.85. The molecule has 5 rings (SSSR count). The number of nitriles is 1. The Morgan fingerprint density at radius 1 is 1.25 bits per heavy atom. The summed E-state index contributed by atoms with van der Waals surface area (Å²) in [7, 11) is 0. The van der Waals surface area contributed by atoms with E-state index in [1.54, 1.807) is 24.5 Å². The molecule has 1 unspecified atom stereocenters. The summed E-state index contributed by atoms with van der Waals surface area (Å²) in [6.45, 7) is 2.19. The second kappa shape index (κ2) is 8.12. The zero-order valence-electron chi connectivity index (χ0n) is 17.8. The maximum absolute atomic E-state index is 12.7. The quantitative estimate of drug-likeness (QED) is 0.653. The van der Waals surface area contributed by atoms with E-state index in [2.05, 4.69) is 21.4 Å². The number of nitrogens with zero attached hydrogens (tertiary/aromatic N) is 3. The number of benzene rings is 1. The minimum atomic E-state index is -0.0875. The molecule has 2 aromatic heterocycles. The highest BCUT2D eigenvalue weighted by Crippen LogP contribution is 2.59. The number of carbonyl (C=O) groups is 2. The van der Waals surface area contributed by atoms with Crippen molar-refractivity contribution in [3.8, 4) is 6.07 Å². The lowest BCUT2D eigenvalue weighted by molar-refractivity contribution is -0.132. The average molecular weight is 428 g/mol. The lowest BCUT2D eigenvalue weighted by atomic mass is 9.90. The summed E-state index contributed by atoms with van der Waals surface area (Å²) in [4.78, 5) is 34.4. The molecule has 1 aromatic carbocycles. The second-order valence-electron chi connectivity index (χ2n) is 8.99. The molecule has 1 saturated carbocycles. The molecule has 3 aromatic rings. The van der Waals surface area contributed by atoms with Crippen molar-refractivity contribution in [2.24, 2.45) is 11.3 Å². The highest BCUT2D eigenvalue weighted by Gasteiger charge is 2.54. The normalized spacial score (nSPS) is 19.0. The predicted molar refractivity (Wildman–Crippen MR) is 120 cm³/mol. The molecule has 1 aliphatic heterocycles. The van der Waals surface area contributed by atoms with Gasteiger partial charge in [0.25, 0.3) is 5.91 Å². The van der Waals surface area contributed by atoms with Crippen LogP contribution in [0.2, 0.25) is 0 Å². The number of hydrogen-bond donors (Lipinski definition) is 2. The van der Waals surface area contributed by atoms with Crippen molar-refractivity contribution in [2.45, 2.75) is 25.7 Å². The second-order valence-corrected chi connectivity index (χ2v) is 8.99. The van der Waals surface area contributed by atoms with Gasteiger partial charge in [0.2, 0.25) is 5.91 Å². The molecule has 32 heavy (non-hydrogen) atoms. The van der Waals surface area contributed by atoms with E-state index in [0.29, 0.717) is 30.1 Å². The number of aromatic nitrogens is 2. The van der Waals surface area contributed by atoms with Crippen molar-refractivity contribution < 1.29 is 9.59 Å². The van der Waals surface area contributed by atoms with Gasteiger partial charge >= 0.3 is 0 Å². The number of fused-ring (bicyclic) bond motifs is 1. The molecule has 0 radical (unpaired) electrons. The monoisotopic (exact) mass is 427 g/mol. The Morgan fingerprint density at radius 3 is 2.88 bits per heavy atom. The standard InChI is InChI=1S/C25H25N5O2/c26-14-18-3-1-2-17(10-18)11-23(31)30-8-5-25(6-9-30)13-20(25)16-28-24(32)22-12-19-15-27-7-4-21(19)29-22/h1-4,7,10,12,15,20,29H,5-6,8-9,11,13,16H2,(H,28,32). The number of piperidine rings is 1. The minimum absolute atomic E-state index is 0.0875. The number of hydrogen-bond acceptors (Lipinski definition) is 4. The summed E-state index contributed by atoms with van der Waals surface area (Å²) in [5.41, 5.74) is 3.19. The van der Waals surface area contributed by atoms with Gasteiger partial charge in [-0.2, -0.15) is 5.26 Å². The van der Waals surface area contributed by atoms with Crippen molar-refractivity contribution >= 4 is 22.7 Å². The van der Waals surface area contributed by atoms with Crippen molar-refractivity contribution in [1.82, 2.24) is 20.2 Å². The maximum Gasteiger partial charge on any atom is 0.267 e. The van der Waals surface area contributed by atoms with Gasteiger partial charge in [0.05, 0.1) is 18.1 Å². The number of pyridine rings is 1. The van der Waals surface area contributed by atoms with Crippen LogP contribution in [-0.2, 0) is 11.2 Å². The van der Waals surface area contributed by atoms with E-state index in [1.165, 1.54) is 0 Å². The third-order valence-electron chi connectivity index (χ3n) is 7.06. The minimum Gasteiger partial charge on any atom is -0.350 e. The molecule has 1 spiro atoms. The molecule has 162 valence electrons. The van der Waals surface area contributed by atoms with Crippen LogP contribution < -0.4 is 5.32 Å². The fourth-order valence-corrected chi connectivity index (χ4v) is 4.98. The Morgan fingerprint density at radius 2 is 2.09 bits per heavy atom. The largest absolute Gasteiger partial charge is 0.350 e. The van der Waals surface area contributed by atoms with Gasteiger partial charge in [-0.1, -0.05) is 12.1 Å². The smallest absolute Gasteiger partial charge is 0.267 e. The van der Waals surface area contributed by atoms with Crippen LogP contribution in [0.5, 0.6) is 0 Å². The predicted octanol–water partition coefficient (Wildman–Crippen LogP) is 3.04. The lowest BCUT2D eigenvalue weighted by Gasteiger charge is -2.33. The first kappa shape index (κ1) is 20.3. The van der Waals surface area contributed by atoms with Crippen LogP contribution in [0.15, 0.2) is 48.8 Å². The van der Waals surface area contributed by atoms with Gasteiger partial charge in [-0.05, 0) is 60.4 Å². The molecule has 3 heterocycles. The number of likely N-dealkylation sites (tertiary alicyclic amines) is 1. The summed E-state index contributed by atoms with van der Waals surface area (Å²) in [6, 6.07) is 13.1. The van der Waals surface area contributed by atoms with Gasteiger partial charge in [-0.25, -0.2) is 0 Å². The Kier molecular flexibility index (Phi) is 5.14. The van der Waals surface area contributed by atoms with Crippen LogP contribution in [0.4, 0.5) is 0 Å². The number of carbonyl (C=O) groups excluding carboxylic acids is 2. The van der Waals surface area contributed by atoms with Crippen LogP contribution in [0.3, 0.4) is 0 Å². The SMILES string of the molecule is N#Cc1cccc(CC(=O)N2CCC3(CC2)CC3CNC(=O)c2cc3cnccc3[nH]2)c1. The van der Waals surface area contributed by atoms with Crippen LogP contribution in [0, 0.1) is 22.7 Å². The molecule has 1 saturated heterocycles. The summed E-state index contributed by atoms with van der Waals surface area (Å²) < 4.78 is 0. The van der Waals surface area contributed by atoms with E-state index in [9.17, 15) is 9.59 Å². The lowest BCUT2D eigenvalue weighted by Crippen LogP contribution is -2.41. The van der Waals surface area contributed by atoms with E-state index < -0.39 is 0 Å². The third kappa shape index (κ3) is 3.96. The van der Waals surface area contributed by atoms with E-state index in [4.69, 9.17) is 5.26 Å². The summed E-state index contributed by atoms with van der Waals surface area (Å²) in [5, 5.41) is 13.0. The zero-order chi connectivity index (χ0) is 22.1. The number of nitrogens with one attached hydrogen (secondary N) is 2. The first-order valence-corrected chi connectivity index (χ1v) is 11.0. The van der Waals surface area contributed by atoms with Gasteiger partial charge in [0, 0.05) is 42.9 Å². The third-order valence-corrected chi connectivity index (χ3v) is 7.06. The molecule has 7 nitrogen and oxygen atoms in total. The summed E-state index contributed by atoms with van der Waals surface area (Å²) >= 11 is 0. The summed E-state index contributed by atoms with van der Waals surface area (Å²) in [5.74, 6) is 0.506. The Balaban J connectivity index is 1.10. The van der Waals surface area contributed by atoms with Crippen LogP contribution in [0.1, 0.15) is 40.9 Å². The molecule has 7 heteroatoms. The Hall–Kier alpha value is -3.66. The molecule has 0 bridgehead atoms. The van der Waals surface area contributed by atoms with Crippen LogP contribution >= 0.6 is 0 Å². The average Bonchev–Trinajstić information content (AvgIpc) is 3.29. The first-order valence-electron chi connectivity index (χ1n) is 11.0. The number of amides is 2. The van der Waals surface area contributed by atoms with E-state index in [-0.39, 0.29) is 17.2 Å². The van der Waals surface area contributed by atoms with Gasteiger partial charge in [0.1, 0.15) is 5.69 Å². The molecule has 2 fully saturated rings. The topological polar surface area (TPSA) is 102 Å². The number of rotatable bonds is 5. The maximum atomic E-state index is 12.7. The first-order chi connectivity index (χ1) is 15.6. The zero-order valence-corrected chi connectivity index (χ0v) is 17.8. The molecule has 1 aliphatic carbocycles. The van der Waals surface area contributed by atoms with Crippen LogP contribution in [0.25, 0.3) is 10.9 Å². The van der Waals surface area contributed by atoms with Gasteiger partial charge in [-0.15, -0.1) is 0 Å². The Bertz CT molecular complexity index is 1180. The molecular weight excluding hydrogens is 402 g/mol.